The van der Waals surface area contributed by atoms with Gasteiger partial charge in [0, 0.05) is 44.3 Å². The molecular formula is C30H37N3O6. The number of carbonyl (C=O) groups is 4. The lowest BCUT2D eigenvalue weighted by Gasteiger charge is -2.32. The number of carbonyl (C=O) groups excluding carboxylic acids is 3. The van der Waals surface area contributed by atoms with Gasteiger partial charge in [0.2, 0.25) is 11.8 Å². The molecule has 0 saturated carbocycles. The highest BCUT2D eigenvalue weighted by atomic mass is 16.4. The molecule has 2 aromatic rings. The summed E-state index contributed by atoms with van der Waals surface area (Å²) in [6.45, 7) is 0.288. The van der Waals surface area contributed by atoms with Gasteiger partial charge in [0.1, 0.15) is 17.9 Å². The lowest BCUT2D eigenvalue weighted by molar-refractivity contribution is -0.152. The van der Waals surface area contributed by atoms with Gasteiger partial charge in [0.15, 0.2) is 0 Å². The molecule has 4 N–H and O–H groups in total. The first kappa shape index (κ1) is 28.4. The van der Waals surface area contributed by atoms with Crippen molar-refractivity contribution in [2.24, 2.45) is 11.7 Å². The van der Waals surface area contributed by atoms with Crippen molar-refractivity contribution in [3.8, 4) is 0 Å². The second-order valence-corrected chi connectivity index (χ2v) is 10.7. The smallest absolute Gasteiger partial charge is 0.326 e. The van der Waals surface area contributed by atoms with E-state index < -0.39 is 36.0 Å². The zero-order valence-corrected chi connectivity index (χ0v) is 22.0. The molecule has 2 aromatic carbocycles. The van der Waals surface area contributed by atoms with Crippen LogP contribution in [-0.2, 0) is 32.0 Å². The van der Waals surface area contributed by atoms with E-state index in [1.165, 1.54) is 9.80 Å². The number of likely N-dealkylation sites (tertiary alicyclic amines) is 2. The van der Waals surface area contributed by atoms with Gasteiger partial charge in [0.25, 0.3) is 0 Å². The van der Waals surface area contributed by atoms with E-state index in [2.05, 4.69) is 0 Å². The van der Waals surface area contributed by atoms with Gasteiger partial charge in [0.05, 0.1) is 6.10 Å². The summed E-state index contributed by atoms with van der Waals surface area (Å²) in [7, 11) is 0. The summed E-state index contributed by atoms with van der Waals surface area (Å²) < 4.78 is 0. The van der Waals surface area contributed by atoms with E-state index in [1.807, 2.05) is 60.7 Å². The molecule has 5 atom stereocenters. The molecule has 2 aliphatic heterocycles. The van der Waals surface area contributed by atoms with Crippen LogP contribution >= 0.6 is 0 Å². The molecule has 2 heterocycles. The van der Waals surface area contributed by atoms with Crippen LogP contribution in [-0.4, -0.2) is 80.9 Å². The van der Waals surface area contributed by atoms with Gasteiger partial charge >= 0.3 is 5.97 Å². The Labute approximate surface area is 228 Å². The van der Waals surface area contributed by atoms with Crippen LogP contribution in [0.2, 0.25) is 0 Å². The summed E-state index contributed by atoms with van der Waals surface area (Å²) in [5.41, 5.74) is 8.23. The highest BCUT2D eigenvalue weighted by Gasteiger charge is 2.45. The van der Waals surface area contributed by atoms with Gasteiger partial charge in [-0.25, -0.2) is 4.79 Å². The minimum absolute atomic E-state index is 0.00775. The molecule has 39 heavy (non-hydrogen) atoms. The average molecular weight is 536 g/mol. The number of carboxylic acid groups (broad SMARTS) is 1. The number of hydrogen-bond acceptors (Lipinski definition) is 6. The molecule has 0 bridgehead atoms. The SMILES string of the molecule is NC(CC(=O)CC(Cc1ccccc1)C(=O)N1CCCC1C(=O)N1CC(O)CC1C(=O)O)Cc1ccccc1. The highest BCUT2D eigenvalue weighted by molar-refractivity contribution is 5.93. The first-order chi connectivity index (χ1) is 18.7. The Kier molecular flexibility index (Phi) is 9.48. The maximum absolute atomic E-state index is 13.9. The predicted molar refractivity (Wildman–Crippen MR) is 144 cm³/mol. The van der Waals surface area contributed by atoms with E-state index in [-0.39, 0.29) is 43.5 Å². The van der Waals surface area contributed by atoms with Crippen molar-refractivity contribution in [2.75, 3.05) is 13.1 Å². The van der Waals surface area contributed by atoms with Gasteiger partial charge in [-0.1, -0.05) is 60.7 Å². The van der Waals surface area contributed by atoms with Gasteiger partial charge in [-0.05, 0) is 36.8 Å². The Hall–Kier alpha value is -3.56. The molecule has 2 amide bonds. The van der Waals surface area contributed by atoms with Crippen molar-refractivity contribution in [1.29, 1.82) is 0 Å². The summed E-state index contributed by atoms with van der Waals surface area (Å²) in [4.78, 5) is 54.8. The number of nitrogens with two attached hydrogens (primary N) is 1. The van der Waals surface area contributed by atoms with Crippen LogP contribution < -0.4 is 5.73 Å². The summed E-state index contributed by atoms with van der Waals surface area (Å²) in [5, 5.41) is 19.6. The maximum Gasteiger partial charge on any atom is 0.326 e. The third-order valence-electron chi connectivity index (χ3n) is 7.65. The Morgan fingerprint density at radius 2 is 1.49 bits per heavy atom. The van der Waals surface area contributed by atoms with Gasteiger partial charge in [-0.15, -0.1) is 0 Å². The van der Waals surface area contributed by atoms with Crippen molar-refractivity contribution in [3.05, 3.63) is 71.8 Å². The molecule has 5 unspecified atom stereocenters. The lowest BCUT2D eigenvalue weighted by Crippen LogP contribution is -2.52. The van der Waals surface area contributed by atoms with E-state index >= 15 is 0 Å². The quantitative estimate of drug-likeness (QED) is 0.398. The summed E-state index contributed by atoms with van der Waals surface area (Å²) >= 11 is 0. The zero-order valence-electron chi connectivity index (χ0n) is 22.0. The van der Waals surface area contributed by atoms with Crippen molar-refractivity contribution in [2.45, 2.75) is 69.2 Å². The Balaban J connectivity index is 1.47. The fraction of sp³-hybridized carbons (Fsp3) is 0.467. The van der Waals surface area contributed by atoms with Crippen LogP contribution in [0.1, 0.15) is 43.2 Å². The fourth-order valence-electron chi connectivity index (χ4n) is 5.79. The fourth-order valence-corrected chi connectivity index (χ4v) is 5.79. The molecule has 2 fully saturated rings. The minimum atomic E-state index is -1.17. The van der Waals surface area contributed by atoms with Crippen LogP contribution in [0.4, 0.5) is 0 Å². The molecule has 0 radical (unpaired) electrons. The van der Waals surface area contributed by atoms with E-state index in [9.17, 15) is 29.4 Å². The van der Waals surface area contributed by atoms with Crippen molar-refractivity contribution in [1.82, 2.24) is 9.80 Å². The number of rotatable bonds is 11. The molecule has 2 saturated heterocycles. The number of aliphatic hydroxyl groups excluding tert-OH is 1. The van der Waals surface area contributed by atoms with Gasteiger partial charge in [-0.2, -0.15) is 0 Å². The first-order valence-electron chi connectivity index (χ1n) is 13.6. The Bertz CT molecular complexity index is 1160. The largest absolute Gasteiger partial charge is 0.480 e. The molecule has 0 spiro atoms. The Morgan fingerprint density at radius 3 is 2.10 bits per heavy atom. The number of nitrogens with zero attached hydrogens (tertiary/aromatic N) is 2. The molecule has 2 aliphatic rings. The number of aliphatic carboxylic acids is 1. The maximum atomic E-state index is 13.9. The van der Waals surface area contributed by atoms with Crippen molar-refractivity contribution < 1.29 is 29.4 Å². The van der Waals surface area contributed by atoms with E-state index in [0.717, 1.165) is 11.1 Å². The molecule has 0 aromatic heterocycles. The molecular weight excluding hydrogens is 498 g/mol. The standard InChI is InChI=1S/C30H37N3O6/c31-23(15-21-10-5-2-6-11-21)17-24(34)16-22(14-20-8-3-1-4-9-20)28(36)32-13-7-12-26(32)29(37)33-19-25(35)18-27(33)30(38)39/h1-6,8-11,22-23,25-27,35H,7,12-19,31H2,(H,38,39). The number of amides is 2. The lowest BCUT2D eigenvalue weighted by atomic mass is 9.90. The number of ketones is 1. The van der Waals surface area contributed by atoms with E-state index in [4.69, 9.17) is 5.73 Å². The zero-order chi connectivity index (χ0) is 27.9. The Morgan fingerprint density at radius 1 is 0.872 bits per heavy atom. The monoisotopic (exact) mass is 535 g/mol. The van der Waals surface area contributed by atoms with Crippen LogP contribution in [0.25, 0.3) is 0 Å². The number of Topliss-reactive ketones (excluding diaryl/α,β-unsaturated/α-hetero) is 1. The summed E-state index contributed by atoms with van der Waals surface area (Å²) in [6.07, 6.45) is 1.12. The number of aliphatic hydroxyl groups is 1. The molecule has 9 nitrogen and oxygen atoms in total. The number of hydrogen-bond donors (Lipinski definition) is 3. The van der Waals surface area contributed by atoms with Crippen LogP contribution in [0, 0.1) is 5.92 Å². The van der Waals surface area contributed by atoms with Crippen LogP contribution in [0.5, 0.6) is 0 Å². The van der Waals surface area contributed by atoms with Crippen LogP contribution in [0.3, 0.4) is 0 Å². The van der Waals surface area contributed by atoms with Gasteiger partial charge < -0.3 is 25.7 Å². The summed E-state index contributed by atoms with van der Waals surface area (Å²) in [6, 6.07) is 16.8. The number of carboxylic acids is 1. The molecule has 4 rings (SSSR count). The van der Waals surface area contributed by atoms with Crippen molar-refractivity contribution >= 4 is 23.6 Å². The average Bonchev–Trinajstić information content (AvgIpc) is 3.56. The number of benzene rings is 2. The third-order valence-corrected chi connectivity index (χ3v) is 7.65. The van der Waals surface area contributed by atoms with E-state index in [0.29, 0.717) is 32.2 Å². The normalized spacial score (nSPS) is 22.5. The van der Waals surface area contributed by atoms with E-state index in [1.54, 1.807) is 0 Å². The first-order valence-corrected chi connectivity index (χ1v) is 13.6. The van der Waals surface area contributed by atoms with Gasteiger partial charge in [-0.3, -0.25) is 14.4 Å². The predicted octanol–water partition coefficient (Wildman–Crippen LogP) is 1.80. The number of β-amino-alcohol motifs (C(OH)–C–C–N with tert-alkyl or cyclic N) is 1. The molecule has 9 heteroatoms. The third kappa shape index (κ3) is 7.30. The topological polar surface area (TPSA) is 141 Å². The minimum Gasteiger partial charge on any atom is -0.480 e. The second kappa shape index (κ2) is 13.0. The second-order valence-electron chi connectivity index (χ2n) is 10.7. The highest BCUT2D eigenvalue weighted by Crippen LogP contribution is 2.28. The van der Waals surface area contributed by atoms with Crippen LogP contribution in [0.15, 0.2) is 60.7 Å². The van der Waals surface area contributed by atoms with Crippen molar-refractivity contribution in [3.63, 3.8) is 0 Å². The molecule has 208 valence electrons. The summed E-state index contributed by atoms with van der Waals surface area (Å²) in [5.74, 6) is -2.69. The molecule has 0 aliphatic carbocycles.